The molecule has 2 aliphatic carbocycles. The Balaban J connectivity index is 2.02. The number of hydrogen-bond acceptors (Lipinski definition) is 1. The number of fused-ring (bicyclic) bond motifs is 2. The first-order valence-corrected chi connectivity index (χ1v) is 6.97. The fraction of sp³-hybridized carbons (Fsp3) is 0.562. The lowest BCUT2D eigenvalue weighted by atomic mass is 9.50. The van der Waals surface area contributed by atoms with Gasteiger partial charge in [-0.1, -0.05) is 44.9 Å². The molecule has 0 amide bonds. The number of nitrogens with zero attached hydrogens (tertiary/aromatic N) is 1. The monoisotopic (exact) mass is 227 g/mol. The van der Waals surface area contributed by atoms with E-state index in [0.29, 0.717) is 5.41 Å². The van der Waals surface area contributed by atoms with Crippen molar-refractivity contribution in [2.45, 2.75) is 44.9 Å². The van der Waals surface area contributed by atoms with Crippen LogP contribution in [0.2, 0.25) is 0 Å². The Morgan fingerprint density at radius 1 is 1.35 bits per heavy atom. The van der Waals surface area contributed by atoms with Crippen LogP contribution in [0.15, 0.2) is 24.4 Å². The summed E-state index contributed by atoms with van der Waals surface area (Å²) >= 11 is 0. The van der Waals surface area contributed by atoms with Crippen LogP contribution in [0.3, 0.4) is 0 Å². The molecular weight excluding hydrogens is 206 g/mol. The number of aromatic nitrogens is 1. The van der Waals surface area contributed by atoms with Crippen LogP contribution in [0.4, 0.5) is 0 Å². The Morgan fingerprint density at radius 2 is 2.24 bits per heavy atom. The Hall–Kier alpha value is -1.11. The van der Waals surface area contributed by atoms with Crippen molar-refractivity contribution in [2.24, 2.45) is 11.8 Å². The molecule has 1 aromatic heterocycles. The molecule has 3 atom stereocenters. The lowest BCUT2D eigenvalue weighted by molar-refractivity contribution is 0.0558. The molecular formula is C16H21N. The summed E-state index contributed by atoms with van der Waals surface area (Å²) in [4.78, 5) is 4.70. The molecule has 2 aliphatic rings. The maximum atomic E-state index is 4.70. The zero-order valence-corrected chi connectivity index (χ0v) is 10.8. The molecule has 0 bridgehead atoms. The summed E-state index contributed by atoms with van der Waals surface area (Å²) in [5.74, 6) is 1.64. The van der Waals surface area contributed by atoms with Crippen LogP contribution >= 0.6 is 0 Å². The van der Waals surface area contributed by atoms with Gasteiger partial charge in [0.05, 0.1) is 5.69 Å². The molecule has 1 spiro atoms. The van der Waals surface area contributed by atoms with Gasteiger partial charge in [-0.05, 0) is 36.3 Å². The molecule has 3 rings (SSSR count). The molecule has 0 aromatic carbocycles. The number of allylic oxidation sites excluding steroid dienone is 1. The van der Waals surface area contributed by atoms with Crippen LogP contribution in [0.1, 0.15) is 50.8 Å². The lowest BCUT2D eigenvalue weighted by Crippen LogP contribution is -2.51. The lowest BCUT2D eigenvalue weighted by Gasteiger charge is -2.53. The summed E-state index contributed by atoms with van der Waals surface area (Å²) in [7, 11) is 0. The number of hydrogen-bond donors (Lipinski definition) is 0. The van der Waals surface area contributed by atoms with E-state index in [4.69, 9.17) is 4.98 Å². The predicted octanol–water partition coefficient (Wildman–Crippen LogP) is 4.19. The Kier molecular flexibility index (Phi) is 2.57. The van der Waals surface area contributed by atoms with Crippen LogP contribution in [-0.2, 0) is 5.41 Å². The second-order valence-electron chi connectivity index (χ2n) is 5.53. The Bertz CT molecular complexity index is 449. The zero-order valence-electron chi connectivity index (χ0n) is 10.8. The second kappa shape index (κ2) is 3.97. The molecule has 1 fully saturated rings. The molecule has 1 saturated carbocycles. The average Bonchev–Trinajstić information content (AvgIpc) is 2.76. The first-order chi connectivity index (χ1) is 8.32. The van der Waals surface area contributed by atoms with Gasteiger partial charge in [-0.25, -0.2) is 0 Å². The van der Waals surface area contributed by atoms with Crippen molar-refractivity contribution in [3.63, 3.8) is 0 Å². The first kappa shape index (κ1) is 11.0. The second-order valence-corrected chi connectivity index (χ2v) is 5.53. The van der Waals surface area contributed by atoms with Gasteiger partial charge in [-0.15, -0.1) is 0 Å². The van der Waals surface area contributed by atoms with E-state index in [9.17, 15) is 0 Å². The number of pyridine rings is 1. The van der Waals surface area contributed by atoms with Crippen LogP contribution < -0.4 is 0 Å². The molecule has 0 saturated heterocycles. The van der Waals surface area contributed by atoms with Gasteiger partial charge >= 0.3 is 0 Å². The topological polar surface area (TPSA) is 12.9 Å². The summed E-state index contributed by atoms with van der Waals surface area (Å²) in [5, 5.41) is 0. The Labute approximate surface area is 104 Å². The summed E-state index contributed by atoms with van der Waals surface area (Å²) in [6, 6.07) is 4.26. The molecule has 0 radical (unpaired) electrons. The van der Waals surface area contributed by atoms with Crippen LogP contribution in [0, 0.1) is 11.8 Å². The Morgan fingerprint density at radius 3 is 3.00 bits per heavy atom. The van der Waals surface area contributed by atoms with Gasteiger partial charge in [0, 0.05) is 11.6 Å². The highest BCUT2D eigenvalue weighted by molar-refractivity contribution is 5.64. The van der Waals surface area contributed by atoms with Crippen LogP contribution in [0.25, 0.3) is 6.08 Å². The van der Waals surface area contributed by atoms with E-state index in [-0.39, 0.29) is 0 Å². The molecule has 0 N–H and O–H groups in total. The third-order valence-electron chi connectivity index (χ3n) is 4.84. The van der Waals surface area contributed by atoms with E-state index in [1.165, 1.54) is 36.9 Å². The molecule has 1 heterocycles. The average molecular weight is 227 g/mol. The molecule has 1 heteroatoms. The van der Waals surface area contributed by atoms with Gasteiger partial charge < -0.3 is 0 Å². The summed E-state index contributed by atoms with van der Waals surface area (Å²) in [5.41, 5.74) is 3.00. The number of rotatable bonds is 3. The SMILES string of the molecule is CCCC1CC(CC)C12C=Cc1cccnc12. The van der Waals surface area contributed by atoms with E-state index in [0.717, 1.165) is 11.8 Å². The van der Waals surface area contributed by atoms with Gasteiger partial charge in [-0.3, -0.25) is 4.98 Å². The summed E-state index contributed by atoms with van der Waals surface area (Å²) in [6.07, 6.45) is 12.0. The van der Waals surface area contributed by atoms with Gasteiger partial charge in [0.15, 0.2) is 0 Å². The fourth-order valence-corrected chi connectivity index (χ4v) is 4.00. The molecule has 17 heavy (non-hydrogen) atoms. The highest BCUT2D eigenvalue weighted by atomic mass is 14.8. The highest BCUT2D eigenvalue weighted by Gasteiger charge is 2.55. The maximum absolute atomic E-state index is 4.70. The minimum atomic E-state index is 0.293. The van der Waals surface area contributed by atoms with Crippen molar-refractivity contribution in [3.05, 3.63) is 35.7 Å². The van der Waals surface area contributed by atoms with E-state index >= 15 is 0 Å². The van der Waals surface area contributed by atoms with Crippen molar-refractivity contribution in [1.82, 2.24) is 4.98 Å². The van der Waals surface area contributed by atoms with Gasteiger partial charge in [0.25, 0.3) is 0 Å². The smallest absolute Gasteiger partial charge is 0.0580 e. The minimum absolute atomic E-state index is 0.293. The van der Waals surface area contributed by atoms with E-state index in [2.05, 4.69) is 38.1 Å². The third kappa shape index (κ3) is 1.34. The van der Waals surface area contributed by atoms with E-state index < -0.39 is 0 Å². The first-order valence-electron chi connectivity index (χ1n) is 6.97. The van der Waals surface area contributed by atoms with Gasteiger partial charge in [0.1, 0.15) is 0 Å². The largest absolute Gasteiger partial charge is 0.260 e. The fourth-order valence-electron chi connectivity index (χ4n) is 4.00. The van der Waals surface area contributed by atoms with Crippen molar-refractivity contribution in [2.75, 3.05) is 0 Å². The minimum Gasteiger partial charge on any atom is -0.260 e. The predicted molar refractivity (Wildman–Crippen MR) is 71.7 cm³/mol. The summed E-state index contributed by atoms with van der Waals surface area (Å²) in [6.45, 7) is 4.62. The standard InChI is InChI=1S/C16H21N/c1-3-6-14-11-13(4-2)16(14)9-8-12-7-5-10-17-15(12)16/h5,7-10,13-14H,3-4,6,11H2,1-2H3. The van der Waals surface area contributed by atoms with Crippen molar-refractivity contribution < 1.29 is 0 Å². The quantitative estimate of drug-likeness (QED) is 0.754. The van der Waals surface area contributed by atoms with Crippen LogP contribution in [0.5, 0.6) is 0 Å². The zero-order chi connectivity index (χ0) is 11.9. The third-order valence-corrected chi connectivity index (χ3v) is 4.84. The summed E-state index contributed by atoms with van der Waals surface area (Å²) < 4.78 is 0. The van der Waals surface area contributed by atoms with Crippen molar-refractivity contribution in [3.8, 4) is 0 Å². The normalized spacial score (nSPS) is 33.8. The molecule has 90 valence electrons. The van der Waals surface area contributed by atoms with Crippen LogP contribution in [-0.4, -0.2) is 4.98 Å². The maximum Gasteiger partial charge on any atom is 0.0580 e. The van der Waals surface area contributed by atoms with Crippen molar-refractivity contribution in [1.29, 1.82) is 0 Å². The molecule has 3 unspecified atom stereocenters. The highest BCUT2D eigenvalue weighted by Crippen LogP contribution is 2.59. The van der Waals surface area contributed by atoms with E-state index in [1.807, 2.05) is 6.20 Å². The van der Waals surface area contributed by atoms with Crippen molar-refractivity contribution >= 4 is 6.08 Å². The molecule has 1 nitrogen and oxygen atoms in total. The van der Waals surface area contributed by atoms with Gasteiger partial charge in [0.2, 0.25) is 0 Å². The van der Waals surface area contributed by atoms with Gasteiger partial charge in [-0.2, -0.15) is 0 Å². The molecule has 0 aliphatic heterocycles. The molecule has 1 aromatic rings. The van der Waals surface area contributed by atoms with E-state index in [1.54, 1.807) is 0 Å².